The number of nitrogens with one attached hydrogen (secondary N) is 2. The van der Waals surface area contributed by atoms with Crippen LogP contribution in [0.4, 0.5) is 4.79 Å². The van der Waals surface area contributed by atoms with Gasteiger partial charge in [0.2, 0.25) is 17.6 Å². The molecule has 1 saturated carbocycles. The smallest absolute Gasteiger partial charge is 0.408 e. The molecule has 0 spiro atoms. The first-order valence-electron chi connectivity index (χ1n) is 14.9. The van der Waals surface area contributed by atoms with Gasteiger partial charge in [0.15, 0.2) is 0 Å². The van der Waals surface area contributed by atoms with Crippen LogP contribution in [0.3, 0.4) is 0 Å². The number of carbonyl (C=O) groups excluding carboxylic acids is 5. The molecule has 40 heavy (non-hydrogen) atoms. The summed E-state index contributed by atoms with van der Waals surface area (Å²) >= 11 is 0. The van der Waals surface area contributed by atoms with Gasteiger partial charge in [-0.2, -0.15) is 0 Å². The standard InChI is InChI=1S/C30H50N4O6/c1-28(2,3)40-27(39)33-23-26(38)34-17-18-20(30(18,6)7)21(34)25(37)32-19(22(35)24(31)36)15-13-11-9-8-10-12-14-16-29(23,4)5/h18-21,23H,8-17H2,1-7H3,(H2,31,36)(H,32,37)(H,33,39)/t18-,19-,20-,21-,23+/m0/s1. The summed E-state index contributed by atoms with van der Waals surface area (Å²) in [5, 5.41) is 5.64. The number of piperidine rings is 1. The van der Waals surface area contributed by atoms with Crippen LogP contribution >= 0.6 is 0 Å². The van der Waals surface area contributed by atoms with Crippen molar-refractivity contribution in [1.82, 2.24) is 15.5 Å². The molecule has 10 heteroatoms. The zero-order valence-corrected chi connectivity index (χ0v) is 25.4. The second-order valence-corrected chi connectivity index (χ2v) is 14.3. The second-order valence-electron chi connectivity index (χ2n) is 14.3. The number of alkyl carbamates (subject to hydrolysis) is 1. The van der Waals surface area contributed by atoms with Gasteiger partial charge >= 0.3 is 6.09 Å². The average Bonchev–Trinajstić information content (AvgIpc) is 3.15. The zero-order valence-electron chi connectivity index (χ0n) is 25.4. The van der Waals surface area contributed by atoms with E-state index in [-0.39, 0.29) is 23.2 Å². The quantitative estimate of drug-likeness (QED) is 0.449. The van der Waals surface area contributed by atoms with Crippen molar-refractivity contribution in [1.29, 1.82) is 0 Å². The molecule has 3 aliphatic rings. The Labute approximate surface area is 238 Å². The summed E-state index contributed by atoms with van der Waals surface area (Å²) in [4.78, 5) is 67.0. The first-order valence-corrected chi connectivity index (χ1v) is 14.9. The van der Waals surface area contributed by atoms with E-state index in [0.717, 1.165) is 44.9 Å². The number of amides is 4. The number of fused-ring (bicyclic) bond motifs is 3. The summed E-state index contributed by atoms with van der Waals surface area (Å²) in [5.41, 5.74) is 3.83. The van der Waals surface area contributed by atoms with E-state index in [1.54, 1.807) is 25.7 Å². The molecule has 0 aromatic carbocycles. The van der Waals surface area contributed by atoms with Gasteiger partial charge in [0.05, 0.1) is 6.04 Å². The third kappa shape index (κ3) is 7.35. The Bertz CT molecular complexity index is 1000. The molecule has 2 saturated heterocycles. The lowest BCUT2D eigenvalue weighted by Gasteiger charge is -2.39. The number of primary amides is 1. The molecule has 4 amide bonds. The molecule has 2 heterocycles. The third-order valence-electron chi connectivity index (χ3n) is 9.14. The van der Waals surface area contributed by atoms with Crippen LogP contribution < -0.4 is 16.4 Å². The van der Waals surface area contributed by atoms with Gasteiger partial charge in [-0.25, -0.2) is 4.79 Å². The van der Waals surface area contributed by atoms with Crippen LogP contribution in [-0.2, 0) is 23.9 Å². The summed E-state index contributed by atoms with van der Waals surface area (Å²) in [5.74, 6) is -2.66. The number of hydrogen-bond acceptors (Lipinski definition) is 6. The van der Waals surface area contributed by atoms with Crippen LogP contribution in [0, 0.1) is 22.7 Å². The summed E-state index contributed by atoms with van der Waals surface area (Å²) in [7, 11) is 0. The highest BCUT2D eigenvalue weighted by molar-refractivity contribution is 6.37. The first kappa shape index (κ1) is 31.9. The fourth-order valence-electron chi connectivity index (χ4n) is 6.65. The Kier molecular flexibility index (Phi) is 9.62. The van der Waals surface area contributed by atoms with Crippen LogP contribution in [0.5, 0.6) is 0 Å². The van der Waals surface area contributed by atoms with Crippen molar-refractivity contribution in [3.05, 3.63) is 0 Å². The predicted octanol–water partition coefficient (Wildman–Crippen LogP) is 3.45. The van der Waals surface area contributed by atoms with Gasteiger partial charge in [-0.15, -0.1) is 0 Å². The highest BCUT2D eigenvalue weighted by Gasteiger charge is 2.70. The Morgan fingerprint density at radius 2 is 1.55 bits per heavy atom. The number of nitrogens with zero attached hydrogens (tertiary/aromatic N) is 1. The van der Waals surface area contributed by atoms with Gasteiger partial charge in [0, 0.05) is 6.54 Å². The maximum absolute atomic E-state index is 14.3. The average molecular weight is 563 g/mol. The van der Waals surface area contributed by atoms with Crippen molar-refractivity contribution in [2.24, 2.45) is 28.4 Å². The van der Waals surface area contributed by atoms with E-state index in [9.17, 15) is 24.0 Å². The van der Waals surface area contributed by atoms with Crippen molar-refractivity contribution in [3.8, 4) is 0 Å². The molecule has 1 aliphatic carbocycles. The molecular weight excluding hydrogens is 512 g/mol. The lowest BCUT2D eigenvalue weighted by Crippen LogP contribution is -2.61. The van der Waals surface area contributed by atoms with Crippen LogP contribution in [-0.4, -0.2) is 64.8 Å². The molecule has 0 aromatic heterocycles. The summed E-state index contributed by atoms with van der Waals surface area (Å²) < 4.78 is 5.51. The molecule has 3 fully saturated rings. The minimum Gasteiger partial charge on any atom is -0.444 e. The van der Waals surface area contributed by atoms with Gasteiger partial charge in [-0.05, 0) is 56.3 Å². The van der Waals surface area contributed by atoms with Gasteiger partial charge < -0.3 is 26.0 Å². The van der Waals surface area contributed by atoms with E-state index >= 15 is 0 Å². The summed E-state index contributed by atoms with van der Waals surface area (Å²) in [6.07, 6.45) is 6.91. The lowest BCUT2D eigenvalue weighted by atomic mass is 9.78. The molecule has 3 rings (SSSR count). The molecular formula is C30H50N4O6. The minimum atomic E-state index is -1.08. The zero-order chi connectivity index (χ0) is 30.0. The van der Waals surface area contributed by atoms with Gasteiger partial charge in [0.1, 0.15) is 17.7 Å². The fraction of sp³-hybridized carbons (Fsp3) is 0.833. The van der Waals surface area contributed by atoms with Crippen LogP contribution in [0.1, 0.15) is 106 Å². The molecule has 5 atom stereocenters. The van der Waals surface area contributed by atoms with E-state index < -0.39 is 52.8 Å². The van der Waals surface area contributed by atoms with Crippen LogP contribution in [0.2, 0.25) is 0 Å². The SMILES string of the molecule is CC(C)(C)OC(=O)N[C@@H]1C(=O)N2C[C@H]3[C@@H]([C@H]2C(=O)N[C@H](C(=O)C(N)=O)CCCCCCCCCC1(C)C)C3(C)C. The minimum absolute atomic E-state index is 0.0897. The number of carbonyl (C=O) groups is 5. The Hall–Kier alpha value is -2.65. The maximum atomic E-state index is 14.3. The normalized spacial score (nSPS) is 31.2. The van der Waals surface area contributed by atoms with E-state index in [4.69, 9.17) is 10.5 Å². The molecule has 0 aromatic rings. The molecule has 0 bridgehead atoms. The highest BCUT2D eigenvalue weighted by Crippen LogP contribution is 2.65. The molecule has 0 unspecified atom stereocenters. The molecule has 0 radical (unpaired) electrons. The van der Waals surface area contributed by atoms with Gasteiger partial charge in [-0.3, -0.25) is 19.2 Å². The molecule has 10 nitrogen and oxygen atoms in total. The molecule has 4 N–H and O–H groups in total. The van der Waals surface area contributed by atoms with Crippen molar-refractivity contribution in [3.63, 3.8) is 0 Å². The van der Waals surface area contributed by atoms with Crippen LogP contribution in [0.25, 0.3) is 0 Å². The Morgan fingerprint density at radius 1 is 0.975 bits per heavy atom. The monoisotopic (exact) mass is 562 g/mol. The Morgan fingerprint density at radius 3 is 2.12 bits per heavy atom. The van der Waals surface area contributed by atoms with E-state index in [0.29, 0.717) is 19.4 Å². The summed E-state index contributed by atoms with van der Waals surface area (Å²) in [6, 6.07) is -2.74. The van der Waals surface area contributed by atoms with E-state index in [1.165, 1.54) is 0 Å². The van der Waals surface area contributed by atoms with Gasteiger partial charge in [0.25, 0.3) is 5.91 Å². The highest BCUT2D eigenvalue weighted by atomic mass is 16.6. The Balaban J connectivity index is 1.96. The largest absolute Gasteiger partial charge is 0.444 e. The number of hydrogen-bond donors (Lipinski definition) is 3. The fourth-order valence-corrected chi connectivity index (χ4v) is 6.65. The van der Waals surface area contributed by atoms with E-state index in [2.05, 4.69) is 24.5 Å². The van der Waals surface area contributed by atoms with Gasteiger partial charge in [-0.1, -0.05) is 72.6 Å². The van der Waals surface area contributed by atoms with Crippen molar-refractivity contribution >= 4 is 29.6 Å². The topological polar surface area (TPSA) is 148 Å². The van der Waals surface area contributed by atoms with Crippen molar-refractivity contribution in [2.75, 3.05) is 6.54 Å². The van der Waals surface area contributed by atoms with Crippen LogP contribution in [0.15, 0.2) is 0 Å². The number of rotatable bonds is 3. The molecule has 226 valence electrons. The number of Topliss-reactive ketones (excluding diaryl/α,β-unsaturated/α-hetero) is 1. The number of ether oxygens (including phenoxy) is 1. The number of ketones is 1. The number of nitrogens with two attached hydrogens (primary N) is 1. The second kappa shape index (κ2) is 12.1. The van der Waals surface area contributed by atoms with Crippen molar-refractivity contribution < 1.29 is 28.7 Å². The first-order chi connectivity index (χ1) is 18.5. The van der Waals surface area contributed by atoms with E-state index in [1.807, 2.05) is 13.8 Å². The lowest BCUT2D eigenvalue weighted by molar-refractivity contribution is -0.145. The third-order valence-corrected chi connectivity index (χ3v) is 9.14. The van der Waals surface area contributed by atoms with Crippen molar-refractivity contribution in [2.45, 2.75) is 130 Å². The summed E-state index contributed by atoms with van der Waals surface area (Å²) in [6.45, 7) is 13.8. The predicted molar refractivity (Wildman–Crippen MR) is 151 cm³/mol. The maximum Gasteiger partial charge on any atom is 0.408 e. The molecule has 2 aliphatic heterocycles.